The summed E-state index contributed by atoms with van der Waals surface area (Å²) in [6.07, 6.45) is -0.574. The fraction of sp³-hybridized carbons (Fsp3) is 0.389. The summed E-state index contributed by atoms with van der Waals surface area (Å²) in [7, 11) is 1.65. The number of rotatable bonds is 3. The summed E-state index contributed by atoms with van der Waals surface area (Å²) in [4.78, 5) is 25.5. The molecular formula is C18H20ClFN4O3. The molecule has 1 aromatic carbocycles. The predicted molar refractivity (Wildman–Crippen MR) is 97.6 cm³/mol. The van der Waals surface area contributed by atoms with Crippen molar-refractivity contribution in [2.75, 3.05) is 13.1 Å². The minimum atomic E-state index is -1.02. The minimum Gasteiger partial charge on any atom is -0.465 e. The summed E-state index contributed by atoms with van der Waals surface area (Å²) < 4.78 is 14.7. The van der Waals surface area contributed by atoms with E-state index in [9.17, 15) is 19.1 Å². The van der Waals surface area contributed by atoms with Crippen LogP contribution >= 0.6 is 11.6 Å². The van der Waals surface area contributed by atoms with Crippen molar-refractivity contribution in [1.82, 2.24) is 20.0 Å². The maximum atomic E-state index is 13.3. The number of carbonyl (C=O) groups is 2. The van der Waals surface area contributed by atoms with Gasteiger partial charge in [0.05, 0.1) is 11.3 Å². The number of piperidine rings is 1. The lowest BCUT2D eigenvalue weighted by atomic mass is 9.86. The number of nitrogens with one attached hydrogen (secondary N) is 1. The highest BCUT2D eigenvalue weighted by Crippen LogP contribution is 2.29. The third-order valence-corrected chi connectivity index (χ3v) is 5.31. The summed E-state index contributed by atoms with van der Waals surface area (Å²) in [5, 5.41) is 16.7. The molecular weight excluding hydrogens is 375 g/mol. The van der Waals surface area contributed by atoms with E-state index in [1.165, 1.54) is 21.7 Å². The van der Waals surface area contributed by atoms with Crippen LogP contribution in [0.2, 0.25) is 5.15 Å². The Kier molecular flexibility index (Phi) is 5.36. The van der Waals surface area contributed by atoms with Gasteiger partial charge in [-0.2, -0.15) is 5.10 Å². The molecule has 2 unspecified atom stereocenters. The van der Waals surface area contributed by atoms with Crippen LogP contribution in [0.5, 0.6) is 0 Å². The maximum Gasteiger partial charge on any atom is 0.407 e. The Hall–Kier alpha value is -2.61. The number of carboxylic acid groups (broad SMARTS) is 1. The molecule has 0 radical (unpaired) electrons. The van der Waals surface area contributed by atoms with E-state index in [-0.39, 0.29) is 35.4 Å². The van der Waals surface area contributed by atoms with Gasteiger partial charge in [0.2, 0.25) is 0 Å². The van der Waals surface area contributed by atoms with Crippen molar-refractivity contribution in [3.05, 3.63) is 52.1 Å². The normalized spacial score (nSPS) is 19.8. The Balaban J connectivity index is 1.86. The van der Waals surface area contributed by atoms with Gasteiger partial charge in [-0.05, 0) is 31.0 Å². The van der Waals surface area contributed by atoms with E-state index in [2.05, 4.69) is 10.4 Å². The number of carbonyl (C=O) groups excluding carboxylic acids is 1. The fourth-order valence-electron chi connectivity index (χ4n) is 3.47. The largest absolute Gasteiger partial charge is 0.465 e. The molecule has 2 atom stereocenters. The van der Waals surface area contributed by atoms with Crippen LogP contribution in [-0.2, 0) is 7.05 Å². The number of amides is 2. The fourth-order valence-corrected chi connectivity index (χ4v) is 3.74. The number of hydrogen-bond donors (Lipinski definition) is 2. The van der Waals surface area contributed by atoms with Gasteiger partial charge in [-0.1, -0.05) is 23.7 Å². The zero-order valence-corrected chi connectivity index (χ0v) is 15.7. The van der Waals surface area contributed by atoms with Gasteiger partial charge >= 0.3 is 6.09 Å². The zero-order valence-electron chi connectivity index (χ0n) is 14.9. The standard InChI is InChI=1S/C18H20ClFN4O3/c1-10-15(16(19)23(2)22-10)17(25)21-14-7-8-24(18(26)27)9-13(14)11-3-5-12(20)6-4-11/h3-6,13-14H,7-9H2,1-2H3,(H,21,25)(H,26,27). The van der Waals surface area contributed by atoms with Crippen molar-refractivity contribution < 1.29 is 19.1 Å². The lowest BCUT2D eigenvalue weighted by Gasteiger charge is -2.38. The molecule has 1 fully saturated rings. The van der Waals surface area contributed by atoms with Crippen LogP contribution in [0, 0.1) is 12.7 Å². The van der Waals surface area contributed by atoms with Crippen molar-refractivity contribution in [2.24, 2.45) is 7.05 Å². The van der Waals surface area contributed by atoms with Crippen LogP contribution in [0.3, 0.4) is 0 Å². The quantitative estimate of drug-likeness (QED) is 0.838. The summed E-state index contributed by atoms with van der Waals surface area (Å²) in [5.41, 5.74) is 1.58. The lowest BCUT2D eigenvalue weighted by molar-refractivity contribution is 0.0888. The molecule has 0 saturated carbocycles. The van der Waals surface area contributed by atoms with Gasteiger partial charge in [0.15, 0.2) is 0 Å². The van der Waals surface area contributed by atoms with Crippen LogP contribution in [0.25, 0.3) is 0 Å². The number of hydrogen-bond acceptors (Lipinski definition) is 3. The number of aromatic nitrogens is 2. The monoisotopic (exact) mass is 394 g/mol. The van der Waals surface area contributed by atoms with Gasteiger partial charge in [-0.3, -0.25) is 9.48 Å². The molecule has 0 bridgehead atoms. The molecule has 2 N–H and O–H groups in total. The highest BCUT2D eigenvalue weighted by molar-refractivity contribution is 6.33. The van der Waals surface area contributed by atoms with Crippen LogP contribution in [-0.4, -0.2) is 50.9 Å². The average Bonchev–Trinajstić information content (AvgIpc) is 2.88. The van der Waals surface area contributed by atoms with Crippen LogP contribution in [0.15, 0.2) is 24.3 Å². The molecule has 1 aliphatic heterocycles. The van der Waals surface area contributed by atoms with E-state index >= 15 is 0 Å². The number of benzene rings is 1. The Morgan fingerprint density at radius 3 is 2.56 bits per heavy atom. The number of aryl methyl sites for hydroxylation is 2. The molecule has 9 heteroatoms. The van der Waals surface area contributed by atoms with Gasteiger partial charge in [-0.25, -0.2) is 9.18 Å². The molecule has 27 heavy (non-hydrogen) atoms. The first-order chi connectivity index (χ1) is 12.8. The van der Waals surface area contributed by atoms with Gasteiger partial charge in [0, 0.05) is 32.1 Å². The van der Waals surface area contributed by atoms with Gasteiger partial charge in [-0.15, -0.1) is 0 Å². The third kappa shape index (κ3) is 3.90. The molecule has 1 saturated heterocycles. The van der Waals surface area contributed by atoms with E-state index < -0.39 is 6.09 Å². The zero-order chi connectivity index (χ0) is 19.7. The van der Waals surface area contributed by atoms with Crippen LogP contribution in [0.4, 0.5) is 9.18 Å². The second kappa shape index (κ2) is 7.56. The van der Waals surface area contributed by atoms with E-state index in [1.54, 1.807) is 26.1 Å². The van der Waals surface area contributed by atoms with Crippen molar-refractivity contribution in [3.8, 4) is 0 Å². The van der Waals surface area contributed by atoms with Gasteiger partial charge in [0.1, 0.15) is 11.0 Å². The highest BCUT2D eigenvalue weighted by Gasteiger charge is 2.34. The summed E-state index contributed by atoms with van der Waals surface area (Å²) >= 11 is 6.17. The van der Waals surface area contributed by atoms with Crippen LogP contribution < -0.4 is 5.32 Å². The van der Waals surface area contributed by atoms with E-state index in [0.29, 0.717) is 24.2 Å². The maximum absolute atomic E-state index is 13.3. The van der Waals surface area contributed by atoms with Crippen molar-refractivity contribution in [1.29, 1.82) is 0 Å². The number of likely N-dealkylation sites (tertiary alicyclic amines) is 1. The summed E-state index contributed by atoms with van der Waals surface area (Å²) in [6, 6.07) is 5.58. The van der Waals surface area contributed by atoms with E-state index in [1.807, 2.05) is 0 Å². The highest BCUT2D eigenvalue weighted by atomic mass is 35.5. The lowest BCUT2D eigenvalue weighted by Crippen LogP contribution is -2.51. The van der Waals surface area contributed by atoms with Crippen molar-refractivity contribution in [3.63, 3.8) is 0 Å². The first kappa shape index (κ1) is 19.2. The van der Waals surface area contributed by atoms with Crippen molar-refractivity contribution in [2.45, 2.75) is 25.3 Å². The van der Waals surface area contributed by atoms with Gasteiger partial charge in [0.25, 0.3) is 5.91 Å². The molecule has 1 aliphatic rings. The molecule has 2 aromatic rings. The molecule has 2 amide bonds. The SMILES string of the molecule is Cc1nn(C)c(Cl)c1C(=O)NC1CCN(C(=O)O)CC1c1ccc(F)cc1. The van der Waals surface area contributed by atoms with Crippen molar-refractivity contribution >= 4 is 23.6 Å². The predicted octanol–water partition coefficient (Wildman–Crippen LogP) is 2.79. The average molecular weight is 395 g/mol. The Labute approximate surface area is 160 Å². The topological polar surface area (TPSA) is 87.5 Å². The molecule has 0 aliphatic carbocycles. The number of halogens is 2. The third-order valence-electron chi connectivity index (χ3n) is 4.88. The smallest absolute Gasteiger partial charge is 0.407 e. The Morgan fingerprint density at radius 2 is 2.00 bits per heavy atom. The first-order valence-corrected chi connectivity index (χ1v) is 8.89. The Morgan fingerprint density at radius 1 is 1.33 bits per heavy atom. The second-order valence-corrected chi connectivity index (χ2v) is 6.99. The second-order valence-electron chi connectivity index (χ2n) is 6.63. The first-order valence-electron chi connectivity index (χ1n) is 8.51. The Bertz CT molecular complexity index is 868. The van der Waals surface area contributed by atoms with E-state index in [0.717, 1.165) is 5.56 Å². The molecule has 7 nitrogen and oxygen atoms in total. The van der Waals surface area contributed by atoms with Gasteiger partial charge < -0.3 is 15.3 Å². The molecule has 144 valence electrons. The van der Waals surface area contributed by atoms with E-state index in [4.69, 9.17) is 11.6 Å². The molecule has 0 spiro atoms. The number of nitrogens with zero attached hydrogens (tertiary/aromatic N) is 3. The van der Waals surface area contributed by atoms with Crippen LogP contribution in [0.1, 0.15) is 34.0 Å². The molecule has 1 aromatic heterocycles. The molecule has 2 heterocycles. The summed E-state index contributed by atoms with van der Waals surface area (Å²) in [6.45, 7) is 2.22. The minimum absolute atomic E-state index is 0.214. The molecule has 3 rings (SSSR count). The summed E-state index contributed by atoms with van der Waals surface area (Å²) in [5.74, 6) is -1.02.